The number of benzene rings is 2. The first-order chi connectivity index (χ1) is 8.97. The molecule has 19 heavy (non-hydrogen) atoms. The number of halogens is 2. The van der Waals surface area contributed by atoms with Crippen molar-refractivity contribution >= 4 is 0 Å². The van der Waals surface area contributed by atoms with E-state index in [9.17, 15) is 8.78 Å². The molecule has 0 nitrogen and oxygen atoms in total. The Balaban J connectivity index is 2.24. The van der Waals surface area contributed by atoms with Crippen molar-refractivity contribution < 1.29 is 8.78 Å². The highest BCUT2D eigenvalue weighted by Gasteiger charge is 2.06. The summed E-state index contributed by atoms with van der Waals surface area (Å²) >= 11 is 0. The SMILES string of the molecule is Cc1cc(Cc2ccc(F)c(F)c2)ccc1C(C)C. The second kappa shape index (κ2) is 5.52. The van der Waals surface area contributed by atoms with Gasteiger partial charge in [0.1, 0.15) is 0 Å². The van der Waals surface area contributed by atoms with Gasteiger partial charge in [-0.25, -0.2) is 8.78 Å². The minimum atomic E-state index is -0.796. The molecule has 0 saturated carbocycles. The summed E-state index contributed by atoms with van der Waals surface area (Å²) < 4.78 is 26.0. The Hall–Kier alpha value is -1.70. The molecule has 0 fully saturated rings. The molecule has 0 aliphatic heterocycles. The lowest BCUT2D eigenvalue weighted by molar-refractivity contribution is 0.507. The molecule has 2 rings (SSSR count). The summed E-state index contributed by atoms with van der Waals surface area (Å²) in [5.74, 6) is -1.08. The van der Waals surface area contributed by atoms with E-state index in [2.05, 4.69) is 39.0 Å². The Morgan fingerprint density at radius 3 is 2.11 bits per heavy atom. The summed E-state index contributed by atoms with van der Waals surface area (Å²) in [5.41, 5.74) is 4.48. The zero-order chi connectivity index (χ0) is 14.0. The van der Waals surface area contributed by atoms with Gasteiger partial charge in [0, 0.05) is 0 Å². The van der Waals surface area contributed by atoms with Crippen LogP contribution in [0.5, 0.6) is 0 Å². The van der Waals surface area contributed by atoms with Crippen molar-refractivity contribution in [1.82, 2.24) is 0 Å². The van der Waals surface area contributed by atoms with E-state index in [1.165, 1.54) is 23.3 Å². The molecule has 2 aromatic carbocycles. The topological polar surface area (TPSA) is 0 Å². The van der Waals surface area contributed by atoms with Gasteiger partial charge in [-0.2, -0.15) is 0 Å². The molecule has 0 heterocycles. The predicted molar refractivity (Wildman–Crippen MR) is 74.4 cm³/mol. The van der Waals surface area contributed by atoms with Crippen LogP contribution in [0.1, 0.15) is 42.0 Å². The first-order valence-electron chi connectivity index (χ1n) is 6.50. The van der Waals surface area contributed by atoms with Crippen molar-refractivity contribution in [3.8, 4) is 0 Å². The molecule has 0 aliphatic carbocycles. The van der Waals surface area contributed by atoms with Gasteiger partial charge in [0.25, 0.3) is 0 Å². The second-order valence-electron chi connectivity index (χ2n) is 5.27. The van der Waals surface area contributed by atoms with Crippen molar-refractivity contribution in [3.05, 3.63) is 70.3 Å². The van der Waals surface area contributed by atoms with Crippen LogP contribution in [0.15, 0.2) is 36.4 Å². The fourth-order valence-electron chi connectivity index (χ4n) is 2.38. The molecular weight excluding hydrogens is 242 g/mol. The van der Waals surface area contributed by atoms with Crippen LogP contribution in [0, 0.1) is 18.6 Å². The Morgan fingerprint density at radius 1 is 0.895 bits per heavy atom. The first kappa shape index (κ1) is 13.7. The fourth-order valence-corrected chi connectivity index (χ4v) is 2.38. The molecule has 0 saturated heterocycles. The van der Waals surface area contributed by atoms with Gasteiger partial charge in [0.05, 0.1) is 0 Å². The average molecular weight is 260 g/mol. The summed E-state index contributed by atoms with van der Waals surface area (Å²) in [6.07, 6.45) is 0.621. The lowest BCUT2D eigenvalue weighted by Gasteiger charge is -2.11. The van der Waals surface area contributed by atoms with Gasteiger partial charge in [0.2, 0.25) is 0 Å². The molecule has 0 spiro atoms. The van der Waals surface area contributed by atoms with Crippen LogP contribution in [-0.2, 0) is 6.42 Å². The molecule has 2 heteroatoms. The van der Waals surface area contributed by atoms with E-state index in [4.69, 9.17) is 0 Å². The molecule has 100 valence electrons. The average Bonchev–Trinajstić information content (AvgIpc) is 2.33. The monoisotopic (exact) mass is 260 g/mol. The largest absolute Gasteiger partial charge is 0.204 e. The van der Waals surface area contributed by atoms with E-state index in [0.717, 1.165) is 11.1 Å². The summed E-state index contributed by atoms with van der Waals surface area (Å²) in [7, 11) is 0. The summed E-state index contributed by atoms with van der Waals surface area (Å²) in [5, 5.41) is 0. The highest BCUT2D eigenvalue weighted by atomic mass is 19.2. The molecular formula is C17H18F2. The lowest BCUT2D eigenvalue weighted by Crippen LogP contribution is -1.96. The van der Waals surface area contributed by atoms with Gasteiger partial charge >= 0.3 is 0 Å². The van der Waals surface area contributed by atoms with Crippen LogP contribution < -0.4 is 0 Å². The van der Waals surface area contributed by atoms with Crippen molar-refractivity contribution in [2.45, 2.75) is 33.1 Å². The molecule has 2 aromatic rings. The van der Waals surface area contributed by atoms with E-state index in [0.29, 0.717) is 12.3 Å². The number of hydrogen-bond donors (Lipinski definition) is 0. The van der Waals surface area contributed by atoms with Gasteiger partial charge < -0.3 is 0 Å². The van der Waals surface area contributed by atoms with Crippen molar-refractivity contribution in [2.24, 2.45) is 0 Å². The van der Waals surface area contributed by atoms with Crippen molar-refractivity contribution in [3.63, 3.8) is 0 Å². The third kappa shape index (κ3) is 3.19. The maximum Gasteiger partial charge on any atom is 0.159 e. The summed E-state index contributed by atoms with van der Waals surface area (Å²) in [6, 6.07) is 10.4. The van der Waals surface area contributed by atoms with E-state index >= 15 is 0 Å². The van der Waals surface area contributed by atoms with Crippen LogP contribution in [0.3, 0.4) is 0 Å². The first-order valence-corrected chi connectivity index (χ1v) is 6.50. The van der Waals surface area contributed by atoms with Gasteiger partial charge in [-0.15, -0.1) is 0 Å². The molecule has 0 bridgehead atoms. The molecule has 0 amide bonds. The van der Waals surface area contributed by atoms with E-state index < -0.39 is 11.6 Å². The minimum absolute atomic E-state index is 0.498. The summed E-state index contributed by atoms with van der Waals surface area (Å²) in [4.78, 5) is 0. The normalized spacial score (nSPS) is 11.1. The molecule has 0 aromatic heterocycles. The quantitative estimate of drug-likeness (QED) is 0.729. The predicted octanol–water partition coefficient (Wildman–Crippen LogP) is 4.99. The van der Waals surface area contributed by atoms with E-state index in [-0.39, 0.29) is 0 Å². The molecule has 0 radical (unpaired) electrons. The Morgan fingerprint density at radius 2 is 1.53 bits per heavy atom. The fraction of sp³-hybridized carbons (Fsp3) is 0.294. The highest BCUT2D eigenvalue weighted by molar-refractivity contribution is 5.35. The minimum Gasteiger partial charge on any atom is -0.204 e. The van der Waals surface area contributed by atoms with E-state index in [1.54, 1.807) is 6.07 Å². The molecule has 0 N–H and O–H groups in total. The van der Waals surface area contributed by atoms with Gasteiger partial charge in [-0.1, -0.05) is 38.1 Å². The second-order valence-corrected chi connectivity index (χ2v) is 5.27. The summed E-state index contributed by atoms with van der Waals surface area (Å²) in [6.45, 7) is 6.42. The Labute approximate surface area is 113 Å². The van der Waals surface area contributed by atoms with Crippen LogP contribution in [0.2, 0.25) is 0 Å². The van der Waals surface area contributed by atoms with Crippen molar-refractivity contribution in [2.75, 3.05) is 0 Å². The van der Waals surface area contributed by atoms with Crippen molar-refractivity contribution in [1.29, 1.82) is 0 Å². The Bertz CT molecular complexity index is 586. The van der Waals surface area contributed by atoms with Crippen LogP contribution in [0.25, 0.3) is 0 Å². The van der Waals surface area contributed by atoms with Gasteiger partial charge in [-0.3, -0.25) is 0 Å². The smallest absolute Gasteiger partial charge is 0.159 e. The maximum absolute atomic E-state index is 13.2. The molecule has 0 unspecified atom stereocenters. The van der Waals surface area contributed by atoms with Crippen LogP contribution in [0.4, 0.5) is 8.78 Å². The number of aryl methyl sites for hydroxylation is 1. The maximum atomic E-state index is 13.2. The number of rotatable bonds is 3. The van der Waals surface area contributed by atoms with Crippen LogP contribution in [-0.4, -0.2) is 0 Å². The standard InChI is InChI=1S/C17H18F2/c1-11(2)15-6-4-13(8-12(15)3)9-14-5-7-16(18)17(19)10-14/h4-8,10-11H,9H2,1-3H3. The molecule has 0 atom stereocenters. The highest BCUT2D eigenvalue weighted by Crippen LogP contribution is 2.21. The molecule has 0 aliphatic rings. The van der Waals surface area contributed by atoms with Gasteiger partial charge in [-0.05, 0) is 53.6 Å². The van der Waals surface area contributed by atoms with Crippen LogP contribution >= 0.6 is 0 Å². The van der Waals surface area contributed by atoms with Gasteiger partial charge in [0.15, 0.2) is 11.6 Å². The van der Waals surface area contributed by atoms with E-state index in [1.807, 2.05) is 0 Å². The zero-order valence-corrected chi connectivity index (χ0v) is 11.5. The number of hydrogen-bond acceptors (Lipinski definition) is 0. The zero-order valence-electron chi connectivity index (χ0n) is 11.5. The third-order valence-corrected chi connectivity index (χ3v) is 3.35. The lowest BCUT2D eigenvalue weighted by atomic mass is 9.94. The Kier molecular flexibility index (Phi) is 3.98. The third-order valence-electron chi connectivity index (χ3n) is 3.35.